The number of ether oxygens (including phenoxy) is 1. The standard InChI is InChI=1S/C24H33N4O4P/c1-3-31-33(29,32-4-2)18-30-23-9-5-7-19(13-23)16-28-12-6-8-22(17-28)26-21-10-11-24-20(14-21)15-25-27-24/h5,7,9-11,13-15,22,26H,3-4,6,8,12,16-18H2,1-2H3,(H,25,27). The normalized spacial score (nSPS) is 17.3. The number of hydrogen-bond donors (Lipinski definition) is 2. The predicted octanol–water partition coefficient (Wildman–Crippen LogP) is 5.24. The molecule has 0 amide bonds. The van der Waals surface area contributed by atoms with Gasteiger partial charge in [0.2, 0.25) is 0 Å². The van der Waals surface area contributed by atoms with Crippen LogP contribution in [0.15, 0.2) is 48.7 Å². The fraction of sp³-hybridized carbons (Fsp3) is 0.458. The lowest BCUT2D eigenvalue weighted by molar-refractivity contribution is 0.196. The van der Waals surface area contributed by atoms with Gasteiger partial charge in [0.1, 0.15) is 5.75 Å². The first-order valence-corrected chi connectivity index (χ1v) is 13.3. The van der Waals surface area contributed by atoms with Crippen LogP contribution in [0.3, 0.4) is 0 Å². The van der Waals surface area contributed by atoms with E-state index in [9.17, 15) is 4.57 Å². The van der Waals surface area contributed by atoms with Crippen LogP contribution in [0.5, 0.6) is 5.75 Å². The minimum atomic E-state index is -3.23. The third-order valence-electron chi connectivity index (χ3n) is 5.66. The molecule has 4 rings (SSSR count). The van der Waals surface area contributed by atoms with Gasteiger partial charge in [0.05, 0.1) is 24.9 Å². The number of aromatic amines is 1. The first-order chi connectivity index (χ1) is 16.1. The summed E-state index contributed by atoms with van der Waals surface area (Å²) in [6.45, 7) is 7.10. The van der Waals surface area contributed by atoms with E-state index in [4.69, 9.17) is 13.8 Å². The first-order valence-electron chi connectivity index (χ1n) is 11.6. The van der Waals surface area contributed by atoms with Crippen molar-refractivity contribution in [2.45, 2.75) is 39.3 Å². The number of H-pyrrole nitrogens is 1. The second-order valence-electron chi connectivity index (χ2n) is 8.26. The van der Waals surface area contributed by atoms with E-state index in [0.29, 0.717) is 25.0 Å². The molecule has 1 aromatic heterocycles. The van der Waals surface area contributed by atoms with Crippen LogP contribution in [0.2, 0.25) is 0 Å². The van der Waals surface area contributed by atoms with Crippen LogP contribution in [0.1, 0.15) is 32.3 Å². The lowest BCUT2D eigenvalue weighted by Crippen LogP contribution is -2.41. The largest absolute Gasteiger partial charge is 0.481 e. The second-order valence-corrected chi connectivity index (χ2v) is 10.3. The predicted molar refractivity (Wildman–Crippen MR) is 131 cm³/mol. The molecule has 1 fully saturated rings. The van der Waals surface area contributed by atoms with Crippen LogP contribution in [0.4, 0.5) is 5.69 Å². The van der Waals surface area contributed by atoms with Gasteiger partial charge in [-0.15, -0.1) is 0 Å². The molecule has 0 radical (unpaired) electrons. The van der Waals surface area contributed by atoms with Crippen molar-refractivity contribution in [3.8, 4) is 5.75 Å². The summed E-state index contributed by atoms with van der Waals surface area (Å²) in [6.07, 6.45) is 4.06. The number of aromatic nitrogens is 2. The summed E-state index contributed by atoms with van der Waals surface area (Å²) in [4.78, 5) is 2.46. The maximum Gasteiger partial charge on any atom is 0.367 e. The van der Waals surface area contributed by atoms with Gasteiger partial charge in [-0.05, 0) is 69.1 Å². The molecule has 1 unspecified atom stereocenters. The van der Waals surface area contributed by atoms with Gasteiger partial charge < -0.3 is 19.1 Å². The van der Waals surface area contributed by atoms with Crippen molar-refractivity contribution in [1.82, 2.24) is 15.1 Å². The third-order valence-corrected chi connectivity index (χ3v) is 7.41. The van der Waals surface area contributed by atoms with Crippen molar-refractivity contribution >= 4 is 24.2 Å². The smallest absolute Gasteiger partial charge is 0.367 e. The van der Waals surface area contributed by atoms with Gasteiger partial charge in [0.25, 0.3) is 0 Å². The summed E-state index contributed by atoms with van der Waals surface area (Å²) >= 11 is 0. The summed E-state index contributed by atoms with van der Waals surface area (Å²) in [5.74, 6) is 0.673. The molecule has 0 saturated carbocycles. The minimum Gasteiger partial charge on any atom is -0.481 e. The van der Waals surface area contributed by atoms with E-state index < -0.39 is 7.60 Å². The highest BCUT2D eigenvalue weighted by Gasteiger charge is 2.25. The fourth-order valence-electron chi connectivity index (χ4n) is 4.24. The van der Waals surface area contributed by atoms with E-state index >= 15 is 0 Å². The van der Waals surface area contributed by atoms with Crippen molar-refractivity contribution in [1.29, 1.82) is 0 Å². The highest BCUT2D eigenvalue weighted by atomic mass is 31.2. The maximum absolute atomic E-state index is 12.6. The fourth-order valence-corrected chi connectivity index (χ4v) is 5.55. The third kappa shape index (κ3) is 6.58. The molecule has 0 spiro atoms. The van der Waals surface area contributed by atoms with E-state index in [1.165, 1.54) is 0 Å². The van der Waals surface area contributed by atoms with E-state index in [-0.39, 0.29) is 6.35 Å². The summed E-state index contributed by atoms with van der Waals surface area (Å²) in [5.41, 5.74) is 3.33. The first kappa shape index (κ1) is 23.8. The molecule has 2 heterocycles. The van der Waals surface area contributed by atoms with Gasteiger partial charge >= 0.3 is 7.60 Å². The molecule has 9 heteroatoms. The van der Waals surface area contributed by atoms with Gasteiger partial charge in [-0.3, -0.25) is 14.6 Å². The Labute approximate surface area is 195 Å². The lowest BCUT2D eigenvalue weighted by Gasteiger charge is -2.33. The molecule has 0 aliphatic carbocycles. The van der Waals surface area contributed by atoms with E-state index in [1.54, 1.807) is 13.8 Å². The summed E-state index contributed by atoms with van der Waals surface area (Å²) < 4.78 is 29.0. The van der Waals surface area contributed by atoms with Crippen molar-refractivity contribution in [2.75, 3.05) is 38.0 Å². The highest BCUT2D eigenvalue weighted by Crippen LogP contribution is 2.47. The van der Waals surface area contributed by atoms with Crippen molar-refractivity contribution in [3.05, 3.63) is 54.2 Å². The van der Waals surface area contributed by atoms with E-state index in [0.717, 1.165) is 54.6 Å². The van der Waals surface area contributed by atoms with Crippen LogP contribution < -0.4 is 10.1 Å². The zero-order chi connectivity index (χ0) is 23.1. The molecule has 178 valence electrons. The number of nitrogens with zero attached hydrogens (tertiary/aromatic N) is 2. The SMILES string of the molecule is CCOP(=O)(COc1cccc(CN2CCCC(Nc3ccc4[nH]ncc4c3)C2)c1)OCC. The molecular formula is C24H33N4O4P. The molecule has 1 saturated heterocycles. The molecule has 1 aliphatic rings. The van der Waals surface area contributed by atoms with Crippen molar-refractivity contribution in [3.63, 3.8) is 0 Å². The summed E-state index contributed by atoms with van der Waals surface area (Å²) in [7, 11) is -3.23. The molecular weight excluding hydrogens is 439 g/mol. The molecule has 3 aromatic rings. The van der Waals surface area contributed by atoms with Crippen LogP contribution in [-0.2, 0) is 20.2 Å². The molecule has 1 aliphatic heterocycles. The Balaban J connectivity index is 1.33. The number of piperidine rings is 1. The van der Waals surface area contributed by atoms with Crippen LogP contribution in [-0.4, -0.2) is 53.8 Å². The van der Waals surface area contributed by atoms with Gasteiger partial charge in [-0.2, -0.15) is 5.10 Å². The number of hydrogen-bond acceptors (Lipinski definition) is 7. The Morgan fingerprint density at radius 2 is 2.03 bits per heavy atom. The number of benzene rings is 2. The van der Waals surface area contributed by atoms with E-state index in [2.05, 4.69) is 44.7 Å². The monoisotopic (exact) mass is 472 g/mol. The minimum absolute atomic E-state index is 0.0884. The Morgan fingerprint density at radius 1 is 1.18 bits per heavy atom. The highest BCUT2D eigenvalue weighted by molar-refractivity contribution is 7.53. The number of rotatable bonds is 11. The van der Waals surface area contributed by atoms with Gasteiger partial charge in [0.15, 0.2) is 6.35 Å². The summed E-state index contributed by atoms with van der Waals surface area (Å²) in [6, 6.07) is 14.6. The zero-order valence-electron chi connectivity index (χ0n) is 19.3. The number of likely N-dealkylation sites (tertiary alicyclic amines) is 1. The molecule has 2 N–H and O–H groups in total. The van der Waals surface area contributed by atoms with Crippen molar-refractivity contribution < 1.29 is 18.3 Å². The number of fused-ring (bicyclic) bond motifs is 1. The Morgan fingerprint density at radius 3 is 2.85 bits per heavy atom. The Bertz CT molecular complexity index is 1080. The summed E-state index contributed by atoms with van der Waals surface area (Å²) in [5, 5.41) is 11.9. The molecule has 1 atom stereocenters. The topological polar surface area (TPSA) is 88.7 Å². The van der Waals surface area contributed by atoms with Gasteiger partial charge in [-0.1, -0.05) is 12.1 Å². The van der Waals surface area contributed by atoms with Gasteiger partial charge in [0, 0.05) is 30.2 Å². The van der Waals surface area contributed by atoms with Gasteiger partial charge in [-0.25, -0.2) is 0 Å². The molecule has 33 heavy (non-hydrogen) atoms. The quantitative estimate of drug-likeness (QED) is 0.369. The number of nitrogens with one attached hydrogen (secondary N) is 2. The Hall–Kier alpha value is -2.38. The average Bonchev–Trinajstić information content (AvgIpc) is 3.27. The van der Waals surface area contributed by atoms with Crippen molar-refractivity contribution in [2.24, 2.45) is 0 Å². The lowest BCUT2D eigenvalue weighted by atomic mass is 10.0. The second kappa shape index (κ2) is 11.2. The molecule has 8 nitrogen and oxygen atoms in total. The average molecular weight is 473 g/mol. The zero-order valence-corrected chi connectivity index (χ0v) is 20.2. The van der Waals surface area contributed by atoms with Crippen LogP contribution >= 0.6 is 7.60 Å². The Kier molecular flexibility index (Phi) is 8.04. The maximum atomic E-state index is 12.6. The molecule has 0 bridgehead atoms. The molecule has 2 aromatic carbocycles. The van der Waals surface area contributed by atoms with Crippen LogP contribution in [0.25, 0.3) is 10.9 Å². The van der Waals surface area contributed by atoms with E-state index in [1.807, 2.05) is 24.4 Å². The van der Waals surface area contributed by atoms with Crippen LogP contribution in [0, 0.1) is 0 Å². The number of anilines is 1.